The molecule has 8 nitrogen and oxygen atoms in total. The summed E-state index contributed by atoms with van der Waals surface area (Å²) in [5.74, 6) is -0.300. The van der Waals surface area contributed by atoms with Gasteiger partial charge in [-0.25, -0.2) is 4.79 Å². The smallest absolute Gasteiger partial charge is 0.411 e. The summed E-state index contributed by atoms with van der Waals surface area (Å²) >= 11 is 0. The Morgan fingerprint density at radius 2 is 1.77 bits per heavy atom. The fraction of sp³-hybridized carbons (Fsp3) is 0.846. The van der Waals surface area contributed by atoms with Gasteiger partial charge in [0, 0.05) is 20.5 Å². The first-order chi connectivity index (χ1) is 9.80. The van der Waals surface area contributed by atoms with Crippen LogP contribution in [0.3, 0.4) is 0 Å². The second-order valence-corrected chi connectivity index (χ2v) is 8.14. The number of amides is 2. The maximum atomic E-state index is 12.2. The van der Waals surface area contributed by atoms with Gasteiger partial charge in [-0.3, -0.25) is 13.9 Å². The van der Waals surface area contributed by atoms with E-state index in [0.29, 0.717) is 0 Å². The van der Waals surface area contributed by atoms with Crippen molar-refractivity contribution in [2.24, 2.45) is 0 Å². The summed E-state index contributed by atoms with van der Waals surface area (Å²) < 4.78 is 32.7. The van der Waals surface area contributed by atoms with Crippen molar-refractivity contribution in [3.8, 4) is 0 Å². The van der Waals surface area contributed by atoms with Crippen LogP contribution in [0.1, 0.15) is 27.2 Å². The molecule has 1 rings (SSSR count). The third-order valence-corrected chi connectivity index (χ3v) is 3.55. The van der Waals surface area contributed by atoms with Crippen molar-refractivity contribution in [3.05, 3.63) is 0 Å². The maximum absolute atomic E-state index is 12.2. The summed E-state index contributed by atoms with van der Waals surface area (Å²) in [4.78, 5) is 27.0. The molecule has 0 aromatic carbocycles. The molecule has 128 valence electrons. The summed E-state index contributed by atoms with van der Waals surface area (Å²) in [5.41, 5.74) is -0.710. The number of likely N-dealkylation sites (N-methyl/N-ethyl adjacent to an activating group) is 1. The van der Waals surface area contributed by atoms with Crippen molar-refractivity contribution in [1.29, 1.82) is 0 Å². The largest absolute Gasteiger partial charge is 0.444 e. The van der Waals surface area contributed by atoms with E-state index in [9.17, 15) is 18.0 Å². The molecule has 0 aromatic rings. The normalized spacial score (nSPS) is 22.5. The third-order valence-electron chi connectivity index (χ3n) is 2.93. The predicted octanol–water partition coefficient (Wildman–Crippen LogP) is 0.429. The molecule has 1 aliphatic rings. The van der Waals surface area contributed by atoms with Gasteiger partial charge in [0.15, 0.2) is 0 Å². The molecule has 0 radical (unpaired) electrons. The van der Waals surface area contributed by atoms with Crippen molar-refractivity contribution < 1.29 is 26.9 Å². The Hall–Kier alpha value is -1.35. The van der Waals surface area contributed by atoms with Crippen LogP contribution in [0.15, 0.2) is 0 Å². The van der Waals surface area contributed by atoms with E-state index in [1.165, 1.54) is 9.80 Å². The van der Waals surface area contributed by atoms with Gasteiger partial charge in [-0.05, 0) is 20.8 Å². The summed E-state index contributed by atoms with van der Waals surface area (Å²) in [7, 11) is -0.525. The minimum atomic E-state index is -3.66. The molecule has 0 bridgehead atoms. The van der Waals surface area contributed by atoms with Crippen molar-refractivity contribution in [1.82, 2.24) is 9.80 Å². The van der Waals surface area contributed by atoms with E-state index in [1.807, 2.05) is 0 Å². The Morgan fingerprint density at radius 1 is 1.23 bits per heavy atom. The molecule has 1 heterocycles. The first-order valence-electron chi connectivity index (χ1n) is 6.89. The quantitative estimate of drug-likeness (QED) is 0.694. The third kappa shape index (κ3) is 5.45. The van der Waals surface area contributed by atoms with E-state index < -0.39 is 34.0 Å². The van der Waals surface area contributed by atoms with Crippen LogP contribution in [0.2, 0.25) is 0 Å². The van der Waals surface area contributed by atoms with Crippen LogP contribution in [0.4, 0.5) is 4.79 Å². The molecule has 1 aliphatic heterocycles. The zero-order valence-electron chi connectivity index (χ0n) is 13.8. The molecular formula is C13H24N2O6S. The first kappa shape index (κ1) is 18.7. The lowest BCUT2D eigenvalue weighted by molar-refractivity contribution is -0.133. The Bertz CT molecular complexity index is 537. The number of carbonyl (C=O) groups excluding carboxylic acids is 2. The van der Waals surface area contributed by atoms with Gasteiger partial charge in [-0.2, -0.15) is 8.42 Å². The van der Waals surface area contributed by atoms with E-state index in [0.717, 1.165) is 6.26 Å². The minimum Gasteiger partial charge on any atom is -0.444 e. The van der Waals surface area contributed by atoms with E-state index in [2.05, 4.69) is 0 Å². The summed E-state index contributed by atoms with van der Waals surface area (Å²) in [6, 6.07) is -0.795. The molecule has 1 fully saturated rings. The highest BCUT2D eigenvalue weighted by Gasteiger charge is 2.43. The second kappa shape index (κ2) is 6.41. The van der Waals surface area contributed by atoms with Gasteiger partial charge >= 0.3 is 6.09 Å². The molecule has 0 spiro atoms. The van der Waals surface area contributed by atoms with Gasteiger partial charge in [-0.1, -0.05) is 0 Å². The maximum Gasteiger partial charge on any atom is 0.411 e. The van der Waals surface area contributed by atoms with Gasteiger partial charge < -0.3 is 9.64 Å². The van der Waals surface area contributed by atoms with Crippen LogP contribution in [-0.4, -0.2) is 74.9 Å². The zero-order valence-corrected chi connectivity index (χ0v) is 14.6. The molecule has 1 saturated heterocycles. The Morgan fingerprint density at radius 3 is 2.18 bits per heavy atom. The lowest BCUT2D eigenvalue weighted by Crippen LogP contribution is -2.47. The number of rotatable bonds is 3. The Kier molecular flexibility index (Phi) is 5.45. The fourth-order valence-electron chi connectivity index (χ4n) is 2.17. The van der Waals surface area contributed by atoms with Crippen LogP contribution in [0.5, 0.6) is 0 Å². The van der Waals surface area contributed by atoms with Crippen molar-refractivity contribution >= 4 is 22.1 Å². The monoisotopic (exact) mass is 336 g/mol. The highest BCUT2D eigenvalue weighted by Crippen LogP contribution is 2.25. The number of ether oxygens (including phenoxy) is 1. The fourth-order valence-corrected chi connectivity index (χ4v) is 2.80. The average molecular weight is 336 g/mol. The first-order valence-corrected chi connectivity index (χ1v) is 8.71. The number of likely N-dealkylation sites (tertiary alicyclic amines) is 1. The molecule has 0 aromatic heterocycles. The van der Waals surface area contributed by atoms with Crippen LogP contribution >= 0.6 is 0 Å². The molecule has 0 N–H and O–H groups in total. The SMILES string of the molecule is CN(C)C(=O)[C@@H]1C[C@@H](OS(C)(=O)=O)CN1C(=O)OC(C)(C)C. The molecule has 9 heteroatoms. The topological polar surface area (TPSA) is 93.2 Å². The highest BCUT2D eigenvalue weighted by atomic mass is 32.2. The molecule has 2 amide bonds. The lowest BCUT2D eigenvalue weighted by atomic mass is 10.2. The number of nitrogens with zero attached hydrogens (tertiary/aromatic N) is 2. The van der Waals surface area contributed by atoms with Crippen molar-refractivity contribution in [2.75, 3.05) is 26.9 Å². The number of hydrogen-bond donors (Lipinski definition) is 0. The number of hydrogen-bond acceptors (Lipinski definition) is 6. The van der Waals surface area contributed by atoms with Gasteiger partial charge in [0.25, 0.3) is 10.1 Å². The summed E-state index contributed by atoms with van der Waals surface area (Å²) in [6.45, 7) is 5.14. The van der Waals surface area contributed by atoms with Crippen LogP contribution in [0, 0.1) is 0 Å². The Labute approximate surface area is 131 Å². The van der Waals surface area contributed by atoms with Gasteiger partial charge in [0.2, 0.25) is 5.91 Å². The van der Waals surface area contributed by atoms with Crippen molar-refractivity contribution in [3.63, 3.8) is 0 Å². The highest BCUT2D eigenvalue weighted by molar-refractivity contribution is 7.86. The minimum absolute atomic E-state index is 0.00771. The summed E-state index contributed by atoms with van der Waals surface area (Å²) in [5, 5.41) is 0. The van der Waals surface area contributed by atoms with E-state index in [4.69, 9.17) is 8.92 Å². The molecule has 0 unspecified atom stereocenters. The zero-order chi connectivity index (χ0) is 17.3. The lowest BCUT2D eigenvalue weighted by Gasteiger charge is -2.29. The molecule has 22 heavy (non-hydrogen) atoms. The van der Waals surface area contributed by atoms with Gasteiger partial charge in [-0.15, -0.1) is 0 Å². The van der Waals surface area contributed by atoms with Gasteiger partial charge in [0.1, 0.15) is 11.6 Å². The van der Waals surface area contributed by atoms with E-state index in [1.54, 1.807) is 34.9 Å². The second-order valence-electron chi connectivity index (χ2n) is 6.54. The van der Waals surface area contributed by atoms with Crippen LogP contribution in [-0.2, 0) is 23.8 Å². The van der Waals surface area contributed by atoms with Gasteiger partial charge in [0.05, 0.1) is 18.9 Å². The molecule has 2 atom stereocenters. The average Bonchev–Trinajstić information content (AvgIpc) is 2.66. The standard InChI is InChI=1S/C13H24N2O6S/c1-13(2,3)20-12(17)15-8-9(21-22(6,18)19)7-10(15)11(16)14(4)5/h9-10H,7-8H2,1-6H3/t9-,10+/m1/s1. The van der Waals surface area contributed by atoms with Crippen molar-refractivity contribution in [2.45, 2.75) is 44.9 Å². The number of carbonyl (C=O) groups is 2. The summed E-state index contributed by atoms with van der Waals surface area (Å²) in [6.07, 6.45) is -0.362. The Balaban J connectivity index is 2.94. The van der Waals surface area contributed by atoms with E-state index >= 15 is 0 Å². The molecule has 0 aliphatic carbocycles. The van der Waals surface area contributed by atoms with Crippen LogP contribution in [0.25, 0.3) is 0 Å². The predicted molar refractivity (Wildman–Crippen MR) is 79.8 cm³/mol. The molecule has 0 saturated carbocycles. The van der Waals surface area contributed by atoms with Crippen LogP contribution < -0.4 is 0 Å². The molecular weight excluding hydrogens is 312 g/mol. The van der Waals surface area contributed by atoms with E-state index in [-0.39, 0.29) is 18.9 Å².